The van der Waals surface area contributed by atoms with Gasteiger partial charge in [0.25, 0.3) is 0 Å². The molecule has 2 heterocycles. The monoisotopic (exact) mass is 243 g/mol. The van der Waals surface area contributed by atoms with Gasteiger partial charge in [0.1, 0.15) is 5.60 Å². The molecule has 98 valence electrons. The number of rotatable bonds is 1. The molecule has 1 amide bonds. The Labute approximate surface area is 102 Å². The molecule has 0 aromatic rings. The molecule has 0 unspecified atom stereocenters. The summed E-state index contributed by atoms with van der Waals surface area (Å²) in [5.74, 6) is 0.236. The van der Waals surface area contributed by atoms with Crippen molar-refractivity contribution in [2.45, 2.75) is 26.4 Å². The van der Waals surface area contributed by atoms with Crippen LogP contribution < -0.4 is 0 Å². The Morgan fingerprint density at radius 1 is 1.59 bits per heavy atom. The molecule has 0 aromatic carbocycles. The van der Waals surface area contributed by atoms with Gasteiger partial charge < -0.3 is 19.5 Å². The second-order valence-electron chi connectivity index (χ2n) is 6.09. The highest BCUT2D eigenvalue weighted by Crippen LogP contribution is 2.41. The van der Waals surface area contributed by atoms with Crippen molar-refractivity contribution in [3.8, 4) is 0 Å². The Morgan fingerprint density at radius 3 is 2.82 bits per heavy atom. The fraction of sp³-hybridized carbons (Fsp3) is 0.917. The summed E-state index contributed by atoms with van der Waals surface area (Å²) in [5.41, 5.74) is -0.742. The smallest absolute Gasteiger partial charge is 0.410 e. The molecule has 2 fully saturated rings. The van der Waals surface area contributed by atoms with Gasteiger partial charge in [-0.25, -0.2) is 4.79 Å². The molecule has 1 N–H and O–H groups in total. The first-order valence-electron chi connectivity index (χ1n) is 6.03. The van der Waals surface area contributed by atoms with Gasteiger partial charge in [-0.3, -0.25) is 0 Å². The van der Waals surface area contributed by atoms with E-state index in [1.807, 2.05) is 20.8 Å². The topological polar surface area (TPSA) is 59.0 Å². The summed E-state index contributed by atoms with van der Waals surface area (Å²) < 4.78 is 10.7. The average molecular weight is 243 g/mol. The number of ether oxygens (including phenoxy) is 2. The van der Waals surface area contributed by atoms with Gasteiger partial charge in [0.05, 0.1) is 19.8 Å². The van der Waals surface area contributed by atoms with Gasteiger partial charge in [-0.05, 0) is 20.8 Å². The van der Waals surface area contributed by atoms with E-state index in [2.05, 4.69) is 0 Å². The molecule has 2 aliphatic rings. The third-order valence-corrected chi connectivity index (χ3v) is 3.49. The van der Waals surface area contributed by atoms with Crippen LogP contribution in [-0.4, -0.2) is 54.6 Å². The lowest BCUT2D eigenvalue weighted by molar-refractivity contribution is 0.0205. The number of fused-ring (bicyclic) bond motifs is 1. The Morgan fingerprint density at radius 2 is 2.29 bits per heavy atom. The van der Waals surface area contributed by atoms with E-state index in [0.29, 0.717) is 26.3 Å². The normalized spacial score (nSPS) is 32.7. The summed E-state index contributed by atoms with van der Waals surface area (Å²) >= 11 is 0. The summed E-state index contributed by atoms with van der Waals surface area (Å²) in [4.78, 5) is 13.6. The van der Waals surface area contributed by atoms with Crippen LogP contribution in [0.1, 0.15) is 20.8 Å². The molecule has 2 aliphatic heterocycles. The summed E-state index contributed by atoms with van der Waals surface area (Å²) in [6.07, 6.45) is -0.292. The number of carbonyl (C=O) groups is 1. The zero-order chi connectivity index (χ0) is 12.7. The molecule has 5 heteroatoms. The molecule has 17 heavy (non-hydrogen) atoms. The highest BCUT2D eigenvalue weighted by atomic mass is 16.6. The van der Waals surface area contributed by atoms with Crippen LogP contribution in [0.2, 0.25) is 0 Å². The molecule has 5 nitrogen and oxygen atoms in total. The number of nitrogens with zero attached hydrogens (tertiary/aromatic N) is 1. The van der Waals surface area contributed by atoms with Gasteiger partial charge in [0, 0.05) is 24.4 Å². The highest BCUT2D eigenvalue weighted by molar-refractivity contribution is 5.68. The SMILES string of the molecule is CC(C)(C)OC(=O)N1C[C@@H]2COC[C@]2(CO)C1. The Kier molecular flexibility index (Phi) is 3.08. The molecule has 0 radical (unpaired) electrons. The number of aliphatic hydroxyl groups excluding tert-OH is 1. The molecule has 2 atom stereocenters. The van der Waals surface area contributed by atoms with E-state index in [9.17, 15) is 9.90 Å². The number of carbonyl (C=O) groups excluding carboxylic acids is 1. The van der Waals surface area contributed by atoms with Gasteiger partial charge >= 0.3 is 6.09 Å². The van der Waals surface area contributed by atoms with Crippen LogP contribution in [0.25, 0.3) is 0 Å². The summed E-state index contributed by atoms with van der Waals surface area (Å²) in [7, 11) is 0. The molecule has 0 saturated carbocycles. The third kappa shape index (κ3) is 2.40. The maximum atomic E-state index is 11.9. The third-order valence-electron chi connectivity index (χ3n) is 3.49. The zero-order valence-corrected chi connectivity index (χ0v) is 10.7. The van der Waals surface area contributed by atoms with Crippen LogP contribution in [0.15, 0.2) is 0 Å². The van der Waals surface area contributed by atoms with Crippen LogP contribution >= 0.6 is 0 Å². The maximum absolute atomic E-state index is 11.9. The number of amides is 1. The highest BCUT2D eigenvalue weighted by Gasteiger charge is 2.52. The van der Waals surface area contributed by atoms with Crippen molar-refractivity contribution in [3.63, 3.8) is 0 Å². The second-order valence-corrected chi connectivity index (χ2v) is 6.09. The van der Waals surface area contributed by atoms with E-state index < -0.39 is 5.60 Å². The lowest BCUT2D eigenvalue weighted by Crippen LogP contribution is -2.39. The van der Waals surface area contributed by atoms with Crippen molar-refractivity contribution < 1.29 is 19.4 Å². The standard InChI is InChI=1S/C12H21NO4/c1-11(2,3)17-10(15)13-4-9-5-16-8-12(9,6-13)7-14/h9,14H,4-8H2,1-3H3/t9-,12-/m1/s1. The fourth-order valence-electron chi connectivity index (χ4n) is 2.52. The quantitative estimate of drug-likeness (QED) is 0.742. The number of hydrogen-bond donors (Lipinski definition) is 1. The number of aliphatic hydroxyl groups is 1. The fourth-order valence-corrected chi connectivity index (χ4v) is 2.52. The van der Waals surface area contributed by atoms with E-state index in [1.165, 1.54) is 0 Å². The average Bonchev–Trinajstić information content (AvgIpc) is 2.70. The van der Waals surface area contributed by atoms with Crippen molar-refractivity contribution in [2.24, 2.45) is 11.3 Å². The van der Waals surface area contributed by atoms with E-state index in [0.717, 1.165) is 0 Å². The number of hydrogen-bond acceptors (Lipinski definition) is 4. The van der Waals surface area contributed by atoms with E-state index in [-0.39, 0.29) is 24.0 Å². The largest absolute Gasteiger partial charge is 0.444 e. The predicted molar refractivity (Wildman–Crippen MR) is 61.6 cm³/mol. The van der Waals surface area contributed by atoms with Crippen LogP contribution in [0.5, 0.6) is 0 Å². The molecular weight excluding hydrogens is 222 g/mol. The first kappa shape index (κ1) is 12.6. The van der Waals surface area contributed by atoms with E-state index >= 15 is 0 Å². The molecule has 2 rings (SSSR count). The number of likely N-dealkylation sites (tertiary alicyclic amines) is 1. The Bertz CT molecular complexity index is 312. The van der Waals surface area contributed by atoms with Gasteiger partial charge in [0.15, 0.2) is 0 Å². The second kappa shape index (κ2) is 4.14. The first-order chi connectivity index (χ1) is 7.86. The molecule has 2 saturated heterocycles. The molecule has 0 bridgehead atoms. The van der Waals surface area contributed by atoms with E-state index in [1.54, 1.807) is 4.90 Å². The van der Waals surface area contributed by atoms with Crippen molar-refractivity contribution >= 4 is 6.09 Å². The van der Waals surface area contributed by atoms with Gasteiger partial charge in [-0.15, -0.1) is 0 Å². The summed E-state index contributed by atoms with van der Waals surface area (Å²) in [6, 6.07) is 0. The van der Waals surface area contributed by atoms with Gasteiger partial charge in [-0.1, -0.05) is 0 Å². The van der Waals surface area contributed by atoms with Crippen molar-refractivity contribution in [1.82, 2.24) is 4.90 Å². The van der Waals surface area contributed by atoms with Gasteiger partial charge in [0.2, 0.25) is 0 Å². The minimum Gasteiger partial charge on any atom is -0.444 e. The Hall–Kier alpha value is -0.810. The summed E-state index contributed by atoms with van der Waals surface area (Å²) in [6.45, 7) is 7.94. The summed E-state index contributed by atoms with van der Waals surface area (Å²) in [5, 5.41) is 9.50. The minimum absolute atomic E-state index is 0.0664. The molecule has 0 aromatic heterocycles. The molecular formula is C12H21NO4. The van der Waals surface area contributed by atoms with Crippen LogP contribution in [0, 0.1) is 11.3 Å². The first-order valence-corrected chi connectivity index (χ1v) is 6.03. The molecule has 0 aliphatic carbocycles. The lowest BCUT2D eigenvalue weighted by Gasteiger charge is -2.26. The van der Waals surface area contributed by atoms with Crippen molar-refractivity contribution in [2.75, 3.05) is 32.9 Å². The zero-order valence-electron chi connectivity index (χ0n) is 10.7. The van der Waals surface area contributed by atoms with Crippen molar-refractivity contribution in [3.05, 3.63) is 0 Å². The minimum atomic E-state index is -0.475. The Balaban J connectivity index is 2.00. The predicted octanol–water partition coefficient (Wildman–Crippen LogP) is 0.862. The van der Waals surface area contributed by atoms with Crippen LogP contribution in [-0.2, 0) is 9.47 Å². The van der Waals surface area contributed by atoms with Crippen molar-refractivity contribution in [1.29, 1.82) is 0 Å². The molecule has 0 spiro atoms. The maximum Gasteiger partial charge on any atom is 0.410 e. The van der Waals surface area contributed by atoms with Crippen LogP contribution in [0.3, 0.4) is 0 Å². The lowest BCUT2D eigenvalue weighted by atomic mass is 9.82. The van der Waals surface area contributed by atoms with Gasteiger partial charge in [-0.2, -0.15) is 0 Å². The van der Waals surface area contributed by atoms with Crippen LogP contribution in [0.4, 0.5) is 4.79 Å². The van der Waals surface area contributed by atoms with E-state index in [4.69, 9.17) is 9.47 Å².